The highest BCUT2D eigenvalue weighted by atomic mass is 35.5. The first-order valence-corrected chi connectivity index (χ1v) is 7.74. The van der Waals surface area contributed by atoms with Crippen LogP contribution in [0.15, 0.2) is 49.3 Å². The predicted octanol–water partition coefficient (Wildman–Crippen LogP) is 3.77. The third kappa shape index (κ3) is 2.36. The molecule has 4 rings (SSSR count). The maximum atomic E-state index is 6.40. The molecule has 0 aliphatic heterocycles. The van der Waals surface area contributed by atoms with Crippen molar-refractivity contribution in [1.29, 1.82) is 0 Å². The summed E-state index contributed by atoms with van der Waals surface area (Å²) in [5.41, 5.74) is 9.05. The topological polar surface area (TPSA) is 82.5 Å². The Morgan fingerprint density at radius 1 is 1.00 bits per heavy atom. The van der Waals surface area contributed by atoms with Gasteiger partial charge in [-0.25, -0.2) is 19.6 Å². The van der Waals surface area contributed by atoms with Crippen LogP contribution in [0.1, 0.15) is 0 Å². The second-order valence-corrected chi connectivity index (χ2v) is 5.88. The van der Waals surface area contributed by atoms with Crippen LogP contribution in [0.25, 0.3) is 27.7 Å². The van der Waals surface area contributed by atoms with Gasteiger partial charge in [0.25, 0.3) is 0 Å². The highest BCUT2D eigenvalue weighted by molar-refractivity contribution is 6.44. The van der Waals surface area contributed by atoms with Crippen LogP contribution in [-0.4, -0.2) is 24.7 Å². The Morgan fingerprint density at radius 2 is 1.88 bits per heavy atom. The van der Waals surface area contributed by atoms with E-state index in [1.54, 1.807) is 17.1 Å². The number of fused-ring (bicyclic) bond motifs is 1. The lowest BCUT2D eigenvalue weighted by Crippen LogP contribution is -2.00. The summed E-state index contributed by atoms with van der Waals surface area (Å²) in [7, 11) is 0. The third-order valence-corrected chi connectivity index (χ3v) is 4.50. The zero-order chi connectivity index (χ0) is 16.7. The van der Waals surface area contributed by atoms with Gasteiger partial charge in [0.2, 0.25) is 0 Å². The van der Waals surface area contributed by atoms with Crippen molar-refractivity contribution in [1.82, 2.24) is 24.7 Å². The first kappa shape index (κ1) is 14.9. The van der Waals surface area contributed by atoms with Crippen molar-refractivity contribution in [2.45, 2.75) is 0 Å². The Labute approximate surface area is 146 Å². The number of hydrogen-bond acceptors (Lipinski definition) is 5. The number of aromatic nitrogens is 5. The summed E-state index contributed by atoms with van der Waals surface area (Å²) >= 11 is 12.6. The molecule has 0 bridgehead atoms. The lowest BCUT2D eigenvalue weighted by Gasteiger charge is -2.12. The number of anilines is 1. The fourth-order valence-corrected chi connectivity index (χ4v) is 2.97. The molecular formula is C16H10Cl2N6. The first-order chi connectivity index (χ1) is 11.6. The van der Waals surface area contributed by atoms with E-state index in [2.05, 4.69) is 20.1 Å². The van der Waals surface area contributed by atoms with Crippen LogP contribution >= 0.6 is 23.2 Å². The maximum Gasteiger partial charge on any atom is 0.138 e. The van der Waals surface area contributed by atoms with Crippen LogP contribution in [0.4, 0.5) is 5.82 Å². The largest absolute Gasteiger partial charge is 0.383 e. The van der Waals surface area contributed by atoms with Gasteiger partial charge in [0.05, 0.1) is 21.2 Å². The zero-order valence-electron chi connectivity index (χ0n) is 12.2. The molecule has 0 radical (unpaired) electrons. The van der Waals surface area contributed by atoms with Crippen molar-refractivity contribution < 1.29 is 0 Å². The highest BCUT2D eigenvalue weighted by Gasteiger charge is 2.15. The van der Waals surface area contributed by atoms with Gasteiger partial charge in [0.1, 0.15) is 24.8 Å². The number of hydrogen-bond donors (Lipinski definition) is 1. The predicted molar refractivity (Wildman–Crippen MR) is 94.3 cm³/mol. The number of nitrogen functional groups attached to an aromatic ring is 1. The van der Waals surface area contributed by atoms with Crippen molar-refractivity contribution in [2.24, 2.45) is 0 Å². The summed E-state index contributed by atoms with van der Waals surface area (Å²) in [6, 6.07) is 9.23. The number of nitrogens with two attached hydrogens (primary N) is 1. The standard InChI is InChI=1S/C16H10Cl2N6/c17-13-3-1-2-10(14(13)18)11-4-9(24-8-20-6-23-24)5-12-15(11)21-7-22-16(12)19/h1-8H,(H2,19,21,22). The number of halogens is 2. The Morgan fingerprint density at radius 3 is 2.67 bits per heavy atom. The zero-order valence-corrected chi connectivity index (χ0v) is 13.7. The van der Waals surface area contributed by atoms with Crippen molar-refractivity contribution in [3.05, 3.63) is 59.4 Å². The molecule has 2 aromatic heterocycles. The summed E-state index contributed by atoms with van der Waals surface area (Å²) in [6.07, 6.45) is 4.49. The summed E-state index contributed by atoms with van der Waals surface area (Å²) < 4.78 is 1.63. The Balaban J connectivity index is 2.10. The third-order valence-electron chi connectivity index (χ3n) is 3.68. The van der Waals surface area contributed by atoms with E-state index < -0.39 is 0 Å². The lowest BCUT2D eigenvalue weighted by atomic mass is 10.0. The van der Waals surface area contributed by atoms with Gasteiger partial charge in [-0.15, -0.1) is 0 Å². The Kier molecular flexibility index (Phi) is 3.55. The van der Waals surface area contributed by atoms with Crippen LogP contribution in [-0.2, 0) is 0 Å². The second-order valence-electron chi connectivity index (χ2n) is 5.09. The van der Waals surface area contributed by atoms with Crippen LogP contribution < -0.4 is 5.73 Å². The van der Waals surface area contributed by atoms with Gasteiger partial charge in [-0.3, -0.25) is 0 Å². The Bertz CT molecular complexity index is 1050. The lowest BCUT2D eigenvalue weighted by molar-refractivity contribution is 0.880. The molecule has 2 aromatic carbocycles. The van der Waals surface area contributed by atoms with Crippen molar-refractivity contribution in [3.8, 4) is 16.8 Å². The van der Waals surface area contributed by atoms with Crippen LogP contribution in [0, 0.1) is 0 Å². The molecular weight excluding hydrogens is 347 g/mol. The van der Waals surface area contributed by atoms with E-state index in [-0.39, 0.29) is 0 Å². The van der Waals surface area contributed by atoms with Gasteiger partial charge in [-0.05, 0) is 18.2 Å². The van der Waals surface area contributed by atoms with Crippen molar-refractivity contribution in [2.75, 3.05) is 5.73 Å². The minimum Gasteiger partial charge on any atom is -0.383 e. The molecule has 0 fully saturated rings. The van der Waals surface area contributed by atoms with Gasteiger partial charge in [-0.1, -0.05) is 35.3 Å². The molecule has 8 heteroatoms. The highest BCUT2D eigenvalue weighted by Crippen LogP contribution is 2.38. The molecule has 2 N–H and O–H groups in total. The van der Waals surface area contributed by atoms with E-state index in [1.165, 1.54) is 12.7 Å². The van der Waals surface area contributed by atoms with Crippen molar-refractivity contribution in [3.63, 3.8) is 0 Å². The minimum absolute atomic E-state index is 0.376. The van der Waals surface area contributed by atoms with Gasteiger partial charge < -0.3 is 5.73 Å². The molecule has 0 amide bonds. The molecule has 24 heavy (non-hydrogen) atoms. The molecule has 0 saturated heterocycles. The van der Waals surface area contributed by atoms with Crippen molar-refractivity contribution >= 4 is 39.9 Å². The normalized spacial score (nSPS) is 11.1. The quantitative estimate of drug-likeness (QED) is 0.591. The van der Waals surface area contributed by atoms with E-state index in [0.717, 1.165) is 16.8 Å². The average Bonchev–Trinajstić information content (AvgIpc) is 3.12. The Hall–Kier alpha value is -2.70. The molecule has 0 spiro atoms. The first-order valence-electron chi connectivity index (χ1n) is 6.99. The van der Waals surface area contributed by atoms with Crippen LogP contribution in [0.2, 0.25) is 10.0 Å². The van der Waals surface area contributed by atoms with E-state index in [0.29, 0.717) is 26.8 Å². The average molecular weight is 357 g/mol. The van der Waals surface area contributed by atoms with Gasteiger partial charge in [0, 0.05) is 16.5 Å². The number of nitrogens with zero attached hydrogens (tertiary/aromatic N) is 5. The summed E-state index contributed by atoms with van der Waals surface area (Å²) in [6.45, 7) is 0. The SMILES string of the molecule is Nc1ncnc2c(-c3cccc(Cl)c3Cl)cc(-n3cncn3)cc12. The minimum atomic E-state index is 0.376. The molecule has 6 nitrogen and oxygen atoms in total. The van der Waals surface area contributed by atoms with Crippen LogP contribution in [0.3, 0.4) is 0 Å². The smallest absolute Gasteiger partial charge is 0.138 e. The van der Waals surface area contributed by atoms with E-state index >= 15 is 0 Å². The fraction of sp³-hybridized carbons (Fsp3) is 0. The molecule has 2 heterocycles. The molecule has 0 unspecified atom stereocenters. The fourth-order valence-electron chi connectivity index (χ4n) is 2.56. The molecule has 0 aliphatic carbocycles. The molecule has 4 aromatic rings. The van der Waals surface area contributed by atoms with Gasteiger partial charge >= 0.3 is 0 Å². The summed E-state index contributed by atoms with van der Waals surface area (Å²) in [4.78, 5) is 12.4. The van der Waals surface area contributed by atoms with Crippen LogP contribution in [0.5, 0.6) is 0 Å². The molecule has 118 valence electrons. The van der Waals surface area contributed by atoms with E-state index in [4.69, 9.17) is 28.9 Å². The van der Waals surface area contributed by atoms with Gasteiger partial charge in [-0.2, -0.15) is 5.10 Å². The molecule has 0 atom stereocenters. The second kappa shape index (κ2) is 5.74. The van der Waals surface area contributed by atoms with E-state index in [9.17, 15) is 0 Å². The summed E-state index contributed by atoms with van der Waals surface area (Å²) in [5.74, 6) is 0.376. The number of benzene rings is 2. The molecule has 0 aliphatic rings. The van der Waals surface area contributed by atoms with Gasteiger partial charge in [0.15, 0.2) is 0 Å². The molecule has 0 saturated carbocycles. The maximum absolute atomic E-state index is 6.40. The summed E-state index contributed by atoms with van der Waals surface area (Å²) in [5, 5.41) is 5.79. The number of rotatable bonds is 2. The monoisotopic (exact) mass is 356 g/mol. The van der Waals surface area contributed by atoms with E-state index in [1.807, 2.05) is 24.3 Å².